The van der Waals surface area contributed by atoms with Crippen LogP contribution in [0.25, 0.3) is 0 Å². The van der Waals surface area contributed by atoms with Crippen LogP contribution in [0.2, 0.25) is 0 Å². The van der Waals surface area contributed by atoms with Crippen molar-refractivity contribution in [2.45, 2.75) is 65.0 Å². The summed E-state index contributed by atoms with van der Waals surface area (Å²) in [5.74, 6) is -1.46. The predicted molar refractivity (Wildman–Crippen MR) is 106 cm³/mol. The highest BCUT2D eigenvalue weighted by Gasteiger charge is 2.55. The maximum Gasteiger partial charge on any atom is 0.326 e. The molecule has 1 N–H and O–H groups in total. The van der Waals surface area contributed by atoms with Crippen LogP contribution in [0.1, 0.15) is 61.0 Å². The molecule has 0 radical (unpaired) electrons. The van der Waals surface area contributed by atoms with E-state index in [9.17, 15) is 19.2 Å². The van der Waals surface area contributed by atoms with Crippen LogP contribution in [0, 0.1) is 19.8 Å². The number of esters is 1. The Bertz CT molecular complexity index is 865. The fourth-order valence-electron chi connectivity index (χ4n) is 4.19. The first-order valence-corrected chi connectivity index (χ1v) is 10.1. The fourth-order valence-corrected chi connectivity index (χ4v) is 4.19. The lowest BCUT2D eigenvalue weighted by molar-refractivity contribution is -0.150. The molecule has 7 heteroatoms. The van der Waals surface area contributed by atoms with Gasteiger partial charge in [-0.2, -0.15) is 0 Å². The zero-order valence-electron chi connectivity index (χ0n) is 17.4. The molecule has 0 bridgehead atoms. The van der Waals surface area contributed by atoms with E-state index in [1.54, 1.807) is 12.1 Å². The number of benzene rings is 1. The summed E-state index contributed by atoms with van der Waals surface area (Å²) < 4.78 is 5.24. The topological polar surface area (TPSA) is 92.8 Å². The van der Waals surface area contributed by atoms with Crippen LogP contribution in [-0.2, 0) is 14.3 Å². The second kappa shape index (κ2) is 7.97. The molecule has 1 saturated carbocycles. The minimum Gasteiger partial charge on any atom is -0.453 e. The molecule has 1 heterocycles. The third-order valence-corrected chi connectivity index (χ3v) is 6.26. The van der Waals surface area contributed by atoms with Crippen molar-refractivity contribution in [1.82, 2.24) is 10.2 Å². The molecule has 7 nitrogen and oxygen atoms in total. The Kier molecular flexibility index (Phi) is 5.78. The number of aryl methyl sites for hydroxylation is 2. The van der Waals surface area contributed by atoms with Gasteiger partial charge in [0.15, 0.2) is 6.10 Å². The van der Waals surface area contributed by atoms with Crippen molar-refractivity contribution in [1.29, 1.82) is 0 Å². The third-order valence-electron chi connectivity index (χ3n) is 6.26. The molecule has 1 aliphatic heterocycles. The summed E-state index contributed by atoms with van der Waals surface area (Å²) >= 11 is 0. The van der Waals surface area contributed by atoms with Gasteiger partial charge < -0.3 is 10.1 Å². The van der Waals surface area contributed by atoms with Gasteiger partial charge in [-0.05, 0) is 56.7 Å². The number of carbonyl (C=O) groups excluding carboxylic acids is 4. The molecular weight excluding hydrogens is 372 g/mol. The van der Waals surface area contributed by atoms with Crippen LogP contribution in [0.4, 0.5) is 4.79 Å². The van der Waals surface area contributed by atoms with Gasteiger partial charge in [-0.1, -0.05) is 31.9 Å². The zero-order valence-corrected chi connectivity index (χ0v) is 17.4. The van der Waals surface area contributed by atoms with Gasteiger partial charge in [0.1, 0.15) is 12.1 Å². The molecular formula is C22H28N2O5. The van der Waals surface area contributed by atoms with Crippen molar-refractivity contribution in [3.63, 3.8) is 0 Å². The lowest BCUT2D eigenvalue weighted by Gasteiger charge is -2.36. The molecule has 3 rings (SSSR count). The molecule has 29 heavy (non-hydrogen) atoms. The molecule has 1 aromatic rings. The second-order valence-electron chi connectivity index (χ2n) is 8.24. The molecule has 2 fully saturated rings. The average Bonchev–Trinajstić information content (AvgIpc) is 2.90. The standard InChI is InChI=1S/C22H28N2O5/c1-13-8-9-17(11-14(13)2)19(26)16(4)29-18(25)12-24-20(27)22(23-21(24)28)10-6-5-7-15(22)3/h8-9,11,15-16H,5-7,10,12H2,1-4H3,(H,23,28)/t15-,16-,22+/m0/s1. The Balaban J connectivity index is 1.64. The van der Waals surface area contributed by atoms with Gasteiger partial charge in [0, 0.05) is 5.56 Å². The van der Waals surface area contributed by atoms with Crippen LogP contribution in [0.5, 0.6) is 0 Å². The summed E-state index contributed by atoms with van der Waals surface area (Å²) in [6.45, 7) is 6.80. The summed E-state index contributed by atoms with van der Waals surface area (Å²) in [5.41, 5.74) is 1.57. The second-order valence-corrected chi connectivity index (χ2v) is 8.24. The lowest BCUT2D eigenvalue weighted by atomic mass is 9.73. The Morgan fingerprint density at radius 1 is 1.24 bits per heavy atom. The summed E-state index contributed by atoms with van der Waals surface area (Å²) in [6, 6.07) is 4.72. The number of ketones is 1. The summed E-state index contributed by atoms with van der Waals surface area (Å²) in [6.07, 6.45) is 2.30. The quantitative estimate of drug-likeness (QED) is 0.466. The Hall–Kier alpha value is -2.70. The number of hydrogen-bond acceptors (Lipinski definition) is 5. The van der Waals surface area contributed by atoms with Crippen LogP contribution >= 0.6 is 0 Å². The zero-order chi connectivity index (χ0) is 21.3. The Labute approximate surface area is 170 Å². The molecule has 0 aromatic heterocycles. The molecule has 3 amide bonds. The fraction of sp³-hybridized carbons (Fsp3) is 0.545. The van der Waals surface area contributed by atoms with Crippen molar-refractivity contribution in [3.8, 4) is 0 Å². The van der Waals surface area contributed by atoms with E-state index in [0.29, 0.717) is 12.0 Å². The predicted octanol–water partition coefficient (Wildman–Crippen LogP) is 2.92. The van der Waals surface area contributed by atoms with E-state index in [4.69, 9.17) is 4.74 Å². The number of nitrogens with one attached hydrogen (secondary N) is 1. The maximum absolute atomic E-state index is 12.9. The number of ether oxygens (including phenoxy) is 1. The molecule has 3 atom stereocenters. The average molecular weight is 400 g/mol. The largest absolute Gasteiger partial charge is 0.453 e. The first-order valence-electron chi connectivity index (χ1n) is 10.1. The number of Topliss-reactive ketones (excluding diaryl/α,β-unsaturated/α-hetero) is 1. The SMILES string of the molecule is Cc1ccc(C(=O)[C@H](C)OC(=O)CN2C(=O)N[C@@]3(CCCC[C@@H]3C)C2=O)cc1C. The molecule has 1 spiro atoms. The molecule has 1 saturated heterocycles. The van der Waals surface area contributed by atoms with E-state index < -0.39 is 30.2 Å². The minimum absolute atomic E-state index is 0.0130. The number of rotatable bonds is 5. The van der Waals surface area contributed by atoms with Crippen LogP contribution < -0.4 is 5.32 Å². The van der Waals surface area contributed by atoms with Crippen LogP contribution in [0.3, 0.4) is 0 Å². The van der Waals surface area contributed by atoms with Crippen molar-refractivity contribution in [2.75, 3.05) is 6.54 Å². The minimum atomic E-state index is -1.01. The van der Waals surface area contributed by atoms with Gasteiger partial charge >= 0.3 is 12.0 Å². The van der Waals surface area contributed by atoms with E-state index in [-0.39, 0.29) is 17.6 Å². The van der Waals surface area contributed by atoms with Crippen molar-refractivity contribution < 1.29 is 23.9 Å². The van der Waals surface area contributed by atoms with E-state index in [0.717, 1.165) is 35.3 Å². The van der Waals surface area contributed by atoms with E-state index in [2.05, 4.69) is 5.32 Å². The third kappa shape index (κ3) is 3.91. The number of hydrogen-bond donors (Lipinski definition) is 1. The number of carbonyl (C=O) groups is 4. The van der Waals surface area contributed by atoms with Crippen molar-refractivity contribution in [2.24, 2.45) is 5.92 Å². The number of nitrogens with zero attached hydrogens (tertiary/aromatic N) is 1. The Morgan fingerprint density at radius 3 is 2.62 bits per heavy atom. The molecule has 0 unspecified atom stereocenters. The highest BCUT2D eigenvalue weighted by molar-refractivity contribution is 6.09. The summed E-state index contributed by atoms with van der Waals surface area (Å²) in [5, 5.41) is 2.80. The Morgan fingerprint density at radius 2 is 1.97 bits per heavy atom. The van der Waals surface area contributed by atoms with Crippen LogP contribution in [-0.4, -0.2) is 46.8 Å². The highest BCUT2D eigenvalue weighted by atomic mass is 16.5. The van der Waals surface area contributed by atoms with E-state index in [1.807, 2.05) is 26.8 Å². The highest BCUT2D eigenvalue weighted by Crippen LogP contribution is 2.38. The van der Waals surface area contributed by atoms with Gasteiger partial charge in [0.2, 0.25) is 5.78 Å². The molecule has 1 aromatic carbocycles. The first-order chi connectivity index (χ1) is 13.7. The molecule has 2 aliphatic rings. The van der Waals surface area contributed by atoms with Crippen LogP contribution in [0.15, 0.2) is 18.2 Å². The number of imide groups is 1. The lowest BCUT2D eigenvalue weighted by Crippen LogP contribution is -2.54. The molecule has 156 valence electrons. The smallest absolute Gasteiger partial charge is 0.326 e. The monoisotopic (exact) mass is 400 g/mol. The summed E-state index contributed by atoms with van der Waals surface area (Å²) in [7, 11) is 0. The summed E-state index contributed by atoms with van der Waals surface area (Å²) in [4.78, 5) is 51.1. The van der Waals surface area contributed by atoms with Gasteiger partial charge in [-0.3, -0.25) is 19.3 Å². The molecule has 1 aliphatic carbocycles. The van der Waals surface area contributed by atoms with E-state index >= 15 is 0 Å². The maximum atomic E-state index is 12.9. The van der Waals surface area contributed by atoms with Crippen molar-refractivity contribution in [3.05, 3.63) is 34.9 Å². The van der Waals surface area contributed by atoms with Gasteiger partial charge in [-0.25, -0.2) is 4.79 Å². The van der Waals surface area contributed by atoms with Gasteiger partial charge in [0.05, 0.1) is 0 Å². The number of urea groups is 1. The van der Waals surface area contributed by atoms with Gasteiger partial charge in [0.25, 0.3) is 5.91 Å². The first kappa shape index (κ1) is 21.0. The van der Waals surface area contributed by atoms with Crippen molar-refractivity contribution >= 4 is 23.7 Å². The number of amides is 3. The van der Waals surface area contributed by atoms with Gasteiger partial charge in [-0.15, -0.1) is 0 Å². The normalized spacial score (nSPS) is 25.1. The van der Waals surface area contributed by atoms with E-state index in [1.165, 1.54) is 6.92 Å².